The highest BCUT2D eigenvalue weighted by Gasteiger charge is 2.22. The topological polar surface area (TPSA) is 12.5 Å². The number of rotatable bonds is 21. The minimum Gasteiger partial charge on any atom is -0.494 e. The molecule has 1 unspecified atom stereocenters. The Morgan fingerprint density at radius 2 is 1.12 bits per heavy atom. The van der Waals surface area contributed by atoms with Crippen LogP contribution in [-0.2, 0) is 0 Å². The van der Waals surface area contributed by atoms with Gasteiger partial charge in [-0.1, -0.05) is 128 Å². The van der Waals surface area contributed by atoms with Gasteiger partial charge in [0.2, 0.25) is 0 Å². The Morgan fingerprint density at radius 1 is 0.667 bits per heavy atom. The summed E-state index contributed by atoms with van der Waals surface area (Å²) in [5.41, 5.74) is 1.44. The van der Waals surface area contributed by atoms with Crippen molar-refractivity contribution in [2.75, 3.05) is 20.2 Å². The fraction of sp³-hybridized carbons (Fsp3) is 0.806. The standard InChI is InChI=1S/C31H55NO/c1-3-4-5-6-7-8-9-10-11-12-13-14-15-16-17-18-19-20-28-33-30-25-23-29(24-26-30)31-22-21-27-32(31)2/h23-26,31H,3-22,27-28H2,1-2H3. The summed E-state index contributed by atoms with van der Waals surface area (Å²) in [5, 5.41) is 0. The second-order valence-corrected chi connectivity index (χ2v) is 10.6. The van der Waals surface area contributed by atoms with E-state index < -0.39 is 0 Å². The van der Waals surface area contributed by atoms with E-state index in [2.05, 4.69) is 43.1 Å². The van der Waals surface area contributed by atoms with Crippen LogP contribution >= 0.6 is 0 Å². The smallest absolute Gasteiger partial charge is 0.119 e. The Bertz CT molecular complexity index is 555. The molecule has 0 spiro atoms. The zero-order chi connectivity index (χ0) is 23.4. The van der Waals surface area contributed by atoms with Gasteiger partial charge in [0.1, 0.15) is 5.75 Å². The van der Waals surface area contributed by atoms with Crippen LogP contribution in [-0.4, -0.2) is 25.1 Å². The fourth-order valence-electron chi connectivity index (χ4n) is 5.31. The molecule has 0 aliphatic carbocycles. The van der Waals surface area contributed by atoms with Gasteiger partial charge in [0, 0.05) is 6.04 Å². The second-order valence-electron chi connectivity index (χ2n) is 10.6. The highest BCUT2D eigenvalue weighted by molar-refractivity contribution is 5.29. The highest BCUT2D eigenvalue weighted by Crippen LogP contribution is 2.31. The third-order valence-corrected chi connectivity index (χ3v) is 7.55. The van der Waals surface area contributed by atoms with Gasteiger partial charge in [-0.3, -0.25) is 4.90 Å². The van der Waals surface area contributed by atoms with Gasteiger partial charge in [0.15, 0.2) is 0 Å². The van der Waals surface area contributed by atoms with E-state index in [-0.39, 0.29) is 0 Å². The van der Waals surface area contributed by atoms with Crippen molar-refractivity contribution in [2.45, 2.75) is 141 Å². The van der Waals surface area contributed by atoms with Crippen LogP contribution in [0.4, 0.5) is 0 Å². The number of hydrogen-bond acceptors (Lipinski definition) is 2. The molecule has 0 radical (unpaired) electrons. The zero-order valence-corrected chi connectivity index (χ0v) is 22.3. The monoisotopic (exact) mass is 457 g/mol. The predicted octanol–water partition coefficient (Wildman–Crippen LogP) is 9.87. The lowest BCUT2D eigenvalue weighted by atomic mass is 10.0. The van der Waals surface area contributed by atoms with Crippen molar-refractivity contribution in [1.82, 2.24) is 4.90 Å². The summed E-state index contributed by atoms with van der Waals surface area (Å²) < 4.78 is 5.97. The Morgan fingerprint density at radius 3 is 1.55 bits per heavy atom. The van der Waals surface area contributed by atoms with Gasteiger partial charge in [0.05, 0.1) is 6.61 Å². The quantitative estimate of drug-likeness (QED) is 0.170. The van der Waals surface area contributed by atoms with Crippen LogP contribution in [0.2, 0.25) is 0 Å². The van der Waals surface area contributed by atoms with E-state index in [1.54, 1.807) is 0 Å². The van der Waals surface area contributed by atoms with Gasteiger partial charge in [-0.05, 0) is 50.6 Å². The Balaban J connectivity index is 1.30. The van der Waals surface area contributed by atoms with Crippen LogP contribution in [0, 0.1) is 0 Å². The van der Waals surface area contributed by atoms with E-state index >= 15 is 0 Å². The summed E-state index contributed by atoms with van der Waals surface area (Å²) in [6, 6.07) is 9.45. The van der Waals surface area contributed by atoms with Crippen molar-refractivity contribution in [1.29, 1.82) is 0 Å². The van der Waals surface area contributed by atoms with E-state index in [4.69, 9.17) is 4.74 Å². The third kappa shape index (κ3) is 13.5. The fourth-order valence-corrected chi connectivity index (χ4v) is 5.31. The molecule has 1 heterocycles. The maximum Gasteiger partial charge on any atom is 0.119 e. The molecule has 1 aliphatic heterocycles. The molecule has 2 nitrogen and oxygen atoms in total. The lowest BCUT2D eigenvalue weighted by Crippen LogP contribution is -2.17. The minimum atomic E-state index is 0.606. The molecule has 2 rings (SSSR count). The molecule has 1 saturated heterocycles. The number of ether oxygens (including phenoxy) is 1. The average Bonchev–Trinajstić information content (AvgIpc) is 3.27. The molecular weight excluding hydrogens is 402 g/mol. The van der Waals surface area contributed by atoms with Gasteiger partial charge in [-0.25, -0.2) is 0 Å². The number of nitrogens with zero attached hydrogens (tertiary/aromatic N) is 1. The molecule has 0 N–H and O–H groups in total. The Labute approximate surface area is 206 Å². The van der Waals surface area contributed by atoms with Crippen LogP contribution in [0.15, 0.2) is 24.3 Å². The first-order valence-corrected chi connectivity index (χ1v) is 14.7. The normalized spacial score (nSPS) is 16.5. The van der Waals surface area contributed by atoms with Crippen LogP contribution < -0.4 is 4.74 Å². The summed E-state index contributed by atoms with van der Waals surface area (Å²) in [4.78, 5) is 2.47. The van der Waals surface area contributed by atoms with Crippen molar-refractivity contribution in [3.63, 3.8) is 0 Å². The van der Waals surface area contributed by atoms with Gasteiger partial charge < -0.3 is 4.74 Å². The Hall–Kier alpha value is -1.02. The lowest BCUT2D eigenvalue weighted by Gasteiger charge is -2.20. The Kier molecular flexibility index (Phi) is 16.5. The number of likely N-dealkylation sites (tertiary alicyclic amines) is 1. The molecule has 33 heavy (non-hydrogen) atoms. The van der Waals surface area contributed by atoms with E-state index in [1.807, 2.05) is 0 Å². The van der Waals surface area contributed by atoms with Gasteiger partial charge in [-0.15, -0.1) is 0 Å². The molecule has 1 aliphatic rings. The average molecular weight is 458 g/mol. The van der Waals surface area contributed by atoms with E-state index in [1.165, 1.54) is 141 Å². The zero-order valence-electron chi connectivity index (χ0n) is 22.3. The van der Waals surface area contributed by atoms with Gasteiger partial charge in [-0.2, -0.15) is 0 Å². The third-order valence-electron chi connectivity index (χ3n) is 7.55. The van der Waals surface area contributed by atoms with Crippen LogP contribution in [0.5, 0.6) is 5.75 Å². The molecule has 0 saturated carbocycles. The maximum absolute atomic E-state index is 5.97. The molecule has 0 amide bonds. The molecule has 1 aromatic carbocycles. The number of hydrogen-bond donors (Lipinski definition) is 0. The van der Waals surface area contributed by atoms with Gasteiger partial charge >= 0.3 is 0 Å². The highest BCUT2D eigenvalue weighted by atomic mass is 16.5. The molecule has 0 bridgehead atoms. The minimum absolute atomic E-state index is 0.606. The summed E-state index contributed by atoms with van der Waals surface area (Å²) in [7, 11) is 2.24. The number of benzene rings is 1. The van der Waals surface area contributed by atoms with Crippen LogP contribution in [0.3, 0.4) is 0 Å². The second kappa shape index (κ2) is 19.3. The molecule has 1 fully saturated rings. The first-order chi connectivity index (χ1) is 16.3. The molecule has 2 heteroatoms. The summed E-state index contributed by atoms with van der Waals surface area (Å²) in [6.45, 7) is 4.39. The molecule has 190 valence electrons. The summed E-state index contributed by atoms with van der Waals surface area (Å²) in [6.07, 6.45) is 28.2. The van der Waals surface area contributed by atoms with E-state index in [0.717, 1.165) is 12.4 Å². The first-order valence-electron chi connectivity index (χ1n) is 14.7. The molecule has 0 aromatic heterocycles. The van der Waals surface area contributed by atoms with Gasteiger partial charge in [0.25, 0.3) is 0 Å². The molecular formula is C31H55NO. The lowest BCUT2D eigenvalue weighted by molar-refractivity contribution is 0.302. The SMILES string of the molecule is CCCCCCCCCCCCCCCCCCCCOc1ccc(C2CCCN2C)cc1. The van der Waals surface area contributed by atoms with Crippen molar-refractivity contribution in [3.05, 3.63) is 29.8 Å². The number of unbranched alkanes of at least 4 members (excludes halogenated alkanes) is 17. The van der Waals surface area contributed by atoms with Crippen LogP contribution in [0.25, 0.3) is 0 Å². The predicted molar refractivity (Wildman–Crippen MR) is 145 cm³/mol. The molecule has 1 atom stereocenters. The van der Waals surface area contributed by atoms with Crippen molar-refractivity contribution in [3.8, 4) is 5.75 Å². The largest absolute Gasteiger partial charge is 0.494 e. The maximum atomic E-state index is 5.97. The first kappa shape index (κ1) is 28.2. The van der Waals surface area contributed by atoms with Crippen LogP contribution in [0.1, 0.15) is 147 Å². The summed E-state index contributed by atoms with van der Waals surface area (Å²) in [5.74, 6) is 1.03. The molecule has 1 aromatic rings. The van der Waals surface area contributed by atoms with Crippen molar-refractivity contribution < 1.29 is 4.74 Å². The summed E-state index contributed by atoms with van der Waals surface area (Å²) >= 11 is 0. The van der Waals surface area contributed by atoms with Crippen molar-refractivity contribution >= 4 is 0 Å². The van der Waals surface area contributed by atoms with Crippen molar-refractivity contribution in [2.24, 2.45) is 0 Å². The van der Waals surface area contributed by atoms with E-state index in [9.17, 15) is 0 Å². The van der Waals surface area contributed by atoms with E-state index in [0.29, 0.717) is 6.04 Å².